The Labute approximate surface area is 124 Å². The van der Waals surface area contributed by atoms with Crippen LogP contribution in [0.5, 0.6) is 0 Å². The van der Waals surface area contributed by atoms with Gasteiger partial charge in [-0.1, -0.05) is 20.8 Å². The lowest BCUT2D eigenvalue weighted by molar-refractivity contribution is 0.0250. The zero-order valence-corrected chi connectivity index (χ0v) is 13.5. The molecule has 5 heteroatoms. The minimum atomic E-state index is -0.407. The smallest absolute Gasteiger partial charge is 0.265 e. The van der Waals surface area contributed by atoms with E-state index in [4.69, 9.17) is 0 Å². The Morgan fingerprint density at radius 1 is 1.55 bits per heavy atom. The van der Waals surface area contributed by atoms with Crippen LogP contribution in [-0.4, -0.2) is 40.1 Å². The first-order chi connectivity index (χ1) is 9.38. The van der Waals surface area contributed by atoms with Crippen LogP contribution in [0.15, 0.2) is 0 Å². The summed E-state index contributed by atoms with van der Waals surface area (Å²) in [6.07, 6.45) is 1.29. The summed E-state index contributed by atoms with van der Waals surface area (Å²) in [5, 5.41) is 10.9. The lowest BCUT2D eigenvalue weighted by Gasteiger charge is -2.34. The van der Waals surface area contributed by atoms with Crippen LogP contribution in [-0.2, 0) is 6.42 Å². The third kappa shape index (κ3) is 3.38. The van der Waals surface area contributed by atoms with E-state index in [2.05, 4.69) is 18.8 Å². The average Bonchev–Trinajstić information content (AvgIpc) is 2.72. The number of aryl methyl sites for hydroxylation is 1. The molecule has 4 nitrogen and oxygen atoms in total. The molecule has 1 saturated heterocycles. The Hall–Kier alpha value is -0.940. The van der Waals surface area contributed by atoms with E-state index in [-0.39, 0.29) is 11.8 Å². The first kappa shape index (κ1) is 15.4. The maximum atomic E-state index is 12.7. The number of carbonyl (C=O) groups excluding carboxylic acids is 1. The van der Waals surface area contributed by atoms with E-state index in [1.54, 1.807) is 4.90 Å². The van der Waals surface area contributed by atoms with Gasteiger partial charge in [-0.3, -0.25) is 4.79 Å². The van der Waals surface area contributed by atoms with Crippen molar-refractivity contribution < 1.29 is 9.90 Å². The standard InChI is InChI=1S/C15H24N2O2S/c1-9(2)7-12-14(20-11(4)16-12)15(19)17-6-5-10(3)13(18)8-17/h9-10,13,18H,5-8H2,1-4H3. The fraction of sp³-hybridized carbons (Fsp3) is 0.733. The first-order valence-electron chi connectivity index (χ1n) is 7.32. The van der Waals surface area contributed by atoms with Crippen LogP contribution in [0.1, 0.15) is 47.6 Å². The number of β-amino-alcohol motifs (C(OH)–C–C–N with tert-alkyl or cyclic N) is 1. The second-order valence-electron chi connectivity index (χ2n) is 6.19. The zero-order chi connectivity index (χ0) is 14.9. The summed E-state index contributed by atoms with van der Waals surface area (Å²) >= 11 is 1.48. The van der Waals surface area contributed by atoms with Crippen molar-refractivity contribution >= 4 is 17.2 Å². The van der Waals surface area contributed by atoms with Gasteiger partial charge in [0.2, 0.25) is 0 Å². The van der Waals surface area contributed by atoms with Crippen molar-refractivity contribution in [3.8, 4) is 0 Å². The molecule has 0 bridgehead atoms. The SMILES string of the molecule is Cc1nc(CC(C)C)c(C(=O)N2CCC(C)C(O)C2)s1. The summed E-state index contributed by atoms with van der Waals surface area (Å²) in [6.45, 7) is 9.42. The Kier molecular flexibility index (Phi) is 4.81. The molecule has 20 heavy (non-hydrogen) atoms. The number of piperidine rings is 1. The molecule has 1 amide bonds. The van der Waals surface area contributed by atoms with Gasteiger partial charge in [-0.25, -0.2) is 4.98 Å². The lowest BCUT2D eigenvalue weighted by Crippen LogP contribution is -2.45. The summed E-state index contributed by atoms with van der Waals surface area (Å²) in [5.74, 6) is 0.796. The average molecular weight is 296 g/mol. The highest BCUT2D eigenvalue weighted by Crippen LogP contribution is 2.25. The Balaban J connectivity index is 2.16. The molecule has 2 atom stereocenters. The maximum Gasteiger partial charge on any atom is 0.265 e. The Bertz CT molecular complexity index is 484. The van der Waals surface area contributed by atoms with Crippen LogP contribution in [0.2, 0.25) is 0 Å². The molecule has 2 heterocycles. The number of amides is 1. The van der Waals surface area contributed by atoms with Gasteiger partial charge in [0.1, 0.15) is 4.88 Å². The van der Waals surface area contributed by atoms with Crippen LogP contribution in [0.4, 0.5) is 0 Å². The van der Waals surface area contributed by atoms with E-state index < -0.39 is 6.10 Å². The summed E-state index contributed by atoms with van der Waals surface area (Å²) in [7, 11) is 0. The number of aliphatic hydroxyl groups is 1. The van der Waals surface area contributed by atoms with Crippen molar-refractivity contribution in [2.24, 2.45) is 11.8 Å². The molecule has 112 valence electrons. The molecule has 1 aromatic heterocycles. The minimum absolute atomic E-state index is 0.0391. The number of aromatic nitrogens is 1. The number of hydrogen-bond donors (Lipinski definition) is 1. The van der Waals surface area contributed by atoms with Gasteiger partial charge in [-0.05, 0) is 31.6 Å². The minimum Gasteiger partial charge on any atom is -0.391 e. The van der Waals surface area contributed by atoms with Crippen LogP contribution in [0, 0.1) is 18.8 Å². The van der Waals surface area contributed by atoms with Gasteiger partial charge in [0, 0.05) is 13.1 Å². The molecule has 2 unspecified atom stereocenters. The monoisotopic (exact) mass is 296 g/mol. The number of rotatable bonds is 3. The highest BCUT2D eigenvalue weighted by atomic mass is 32.1. The molecule has 1 aliphatic heterocycles. The fourth-order valence-electron chi connectivity index (χ4n) is 2.54. The number of thiazole rings is 1. The fourth-order valence-corrected chi connectivity index (χ4v) is 3.45. The topological polar surface area (TPSA) is 53.4 Å². The summed E-state index contributed by atoms with van der Waals surface area (Å²) in [4.78, 5) is 19.7. The van der Waals surface area contributed by atoms with Gasteiger partial charge in [0.25, 0.3) is 5.91 Å². The third-order valence-corrected chi connectivity index (χ3v) is 4.81. The van der Waals surface area contributed by atoms with Crippen molar-refractivity contribution in [2.45, 2.75) is 46.6 Å². The number of likely N-dealkylation sites (tertiary alicyclic amines) is 1. The number of aliphatic hydroxyl groups excluding tert-OH is 1. The van der Waals surface area contributed by atoms with E-state index >= 15 is 0 Å². The van der Waals surface area contributed by atoms with Gasteiger partial charge in [-0.2, -0.15) is 0 Å². The van der Waals surface area contributed by atoms with E-state index in [0.29, 0.717) is 12.5 Å². The third-order valence-electron chi connectivity index (χ3n) is 3.81. The van der Waals surface area contributed by atoms with Gasteiger partial charge in [0.05, 0.1) is 16.8 Å². The van der Waals surface area contributed by atoms with Crippen LogP contribution in [0.3, 0.4) is 0 Å². The molecular formula is C15H24N2O2S. The Morgan fingerprint density at radius 3 is 2.85 bits per heavy atom. The van der Waals surface area contributed by atoms with Crippen molar-refractivity contribution in [2.75, 3.05) is 13.1 Å². The molecule has 1 aromatic rings. The Morgan fingerprint density at radius 2 is 2.25 bits per heavy atom. The van der Waals surface area contributed by atoms with Gasteiger partial charge in [0.15, 0.2) is 0 Å². The summed E-state index contributed by atoms with van der Waals surface area (Å²) in [5.41, 5.74) is 0.917. The number of nitrogens with zero attached hydrogens (tertiary/aromatic N) is 2. The summed E-state index contributed by atoms with van der Waals surface area (Å²) in [6, 6.07) is 0. The molecule has 0 aliphatic carbocycles. The van der Waals surface area contributed by atoms with Gasteiger partial charge < -0.3 is 10.0 Å². The largest absolute Gasteiger partial charge is 0.391 e. The molecule has 1 aliphatic rings. The molecule has 0 radical (unpaired) electrons. The summed E-state index contributed by atoms with van der Waals surface area (Å²) < 4.78 is 0. The van der Waals surface area contributed by atoms with Gasteiger partial charge in [-0.15, -0.1) is 11.3 Å². The van der Waals surface area contributed by atoms with Crippen molar-refractivity contribution in [3.63, 3.8) is 0 Å². The van der Waals surface area contributed by atoms with Crippen molar-refractivity contribution in [1.82, 2.24) is 9.88 Å². The molecule has 0 spiro atoms. The van der Waals surface area contributed by atoms with E-state index in [0.717, 1.165) is 35.0 Å². The molecular weight excluding hydrogens is 272 g/mol. The molecule has 2 rings (SSSR count). The van der Waals surface area contributed by atoms with E-state index in [1.165, 1.54) is 11.3 Å². The van der Waals surface area contributed by atoms with Gasteiger partial charge >= 0.3 is 0 Å². The van der Waals surface area contributed by atoms with Crippen LogP contribution in [0.25, 0.3) is 0 Å². The maximum absolute atomic E-state index is 12.7. The molecule has 1 fully saturated rings. The molecule has 1 N–H and O–H groups in total. The van der Waals surface area contributed by atoms with Crippen molar-refractivity contribution in [1.29, 1.82) is 0 Å². The highest BCUT2D eigenvalue weighted by Gasteiger charge is 2.30. The molecule has 0 saturated carbocycles. The van der Waals surface area contributed by atoms with Crippen molar-refractivity contribution in [3.05, 3.63) is 15.6 Å². The van der Waals surface area contributed by atoms with E-state index in [1.807, 2.05) is 13.8 Å². The normalized spacial score (nSPS) is 23.4. The quantitative estimate of drug-likeness (QED) is 0.932. The highest BCUT2D eigenvalue weighted by molar-refractivity contribution is 7.13. The predicted octanol–water partition coefficient (Wildman–Crippen LogP) is 2.49. The zero-order valence-electron chi connectivity index (χ0n) is 12.7. The lowest BCUT2D eigenvalue weighted by atomic mass is 9.96. The second-order valence-corrected chi connectivity index (χ2v) is 7.39. The van der Waals surface area contributed by atoms with Crippen LogP contribution < -0.4 is 0 Å². The van der Waals surface area contributed by atoms with E-state index in [9.17, 15) is 9.90 Å². The first-order valence-corrected chi connectivity index (χ1v) is 8.13. The second kappa shape index (κ2) is 6.22. The molecule has 0 aromatic carbocycles. The predicted molar refractivity (Wildman–Crippen MR) is 81.1 cm³/mol. The number of carbonyl (C=O) groups is 1. The number of hydrogen-bond acceptors (Lipinski definition) is 4. The van der Waals surface area contributed by atoms with Crippen LogP contribution >= 0.6 is 11.3 Å².